The first-order valence-corrected chi connectivity index (χ1v) is 4.99. The number of ketones is 1. The van der Waals surface area contributed by atoms with Crippen LogP contribution >= 0.6 is 0 Å². The van der Waals surface area contributed by atoms with E-state index in [9.17, 15) is 14.4 Å². The Labute approximate surface area is 83.3 Å². The lowest BCUT2D eigenvalue weighted by molar-refractivity contribution is -0.147. The van der Waals surface area contributed by atoms with Crippen LogP contribution in [-0.2, 0) is 14.4 Å². The second kappa shape index (κ2) is 4.35. The topological polar surface area (TPSA) is 54.5 Å². The van der Waals surface area contributed by atoms with Gasteiger partial charge < -0.3 is 0 Å². The third kappa shape index (κ3) is 1.84. The Kier molecular flexibility index (Phi) is 3.38. The van der Waals surface area contributed by atoms with E-state index in [0.717, 1.165) is 4.90 Å². The van der Waals surface area contributed by atoms with Crippen LogP contribution in [0.15, 0.2) is 0 Å². The number of amides is 2. The lowest BCUT2D eigenvalue weighted by Crippen LogP contribution is -2.42. The molecule has 0 N–H and O–H groups in total. The van der Waals surface area contributed by atoms with Crippen molar-refractivity contribution >= 4 is 17.6 Å². The maximum atomic E-state index is 11.4. The zero-order chi connectivity index (χ0) is 10.7. The van der Waals surface area contributed by atoms with Crippen molar-refractivity contribution in [1.82, 2.24) is 4.90 Å². The number of rotatable bonds is 3. The number of carbonyl (C=O) groups excluding carboxylic acids is 3. The zero-order valence-corrected chi connectivity index (χ0v) is 8.58. The van der Waals surface area contributed by atoms with Crippen LogP contribution in [0.25, 0.3) is 0 Å². The molecule has 78 valence electrons. The van der Waals surface area contributed by atoms with Crippen molar-refractivity contribution in [2.75, 3.05) is 0 Å². The van der Waals surface area contributed by atoms with Crippen molar-refractivity contribution in [1.29, 1.82) is 0 Å². The normalized spacial score (nSPS) is 21.4. The highest BCUT2D eigenvalue weighted by Crippen LogP contribution is 2.21. The fourth-order valence-electron chi connectivity index (χ4n) is 1.71. The van der Waals surface area contributed by atoms with E-state index >= 15 is 0 Å². The molecule has 0 bridgehead atoms. The fourth-order valence-corrected chi connectivity index (χ4v) is 1.71. The van der Waals surface area contributed by atoms with Gasteiger partial charge in [0.25, 0.3) is 0 Å². The highest BCUT2D eigenvalue weighted by Gasteiger charge is 2.38. The van der Waals surface area contributed by atoms with Crippen LogP contribution in [0.3, 0.4) is 0 Å². The van der Waals surface area contributed by atoms with E-state index < -0.39 is 6.04 Å². The Hall–Kier alpha value is -1.19. The van der Waals surface area contributed by atoms with Gasteiger partial charge in [0.15, 0.2) is 5.78 Å². The third-order valence-electron chi connectivity index (χ3n) is 2.50. The molecule has 1 saturated heterocycles. The van der Waals surface area contributed by atoms with Crippen LogP contribution in [-0.4, -0.2) is 28.5 Å². The number of imide groups is 1. The largest absolute Gasteiger partial charge is 0.297 e. The third-order valence-corrected chi connectivity index (χ3v) is 2.50. The average Bonchev–Trinajstić information content (AvgIpc) is 2.58. The molecule has 2 amide bonds. The highest BCUT2D eigenvalue weighted by atomic mass is 16.2. The van der Waals surface area contributed by atoms with Gasteiger partial charge in [-0.1, -0.05) is 13.8 Å². The minimum Gasteiger partial charge on any atom is -0.297 e. The van der Waals surface area contributed by atoms with E-state index in [1.54, 1.807) is 13.8 Å². The lowest BCUT2D eigenvalue weighted by Gasteiger charge is -2.20. The number of Topliss-reactive ketones (excluding diaryl/α,β-unsaturated/α-hetero) is 1. The van der Waals surface area contributed by atoms with Crippen LogP contribution in [0.1, 0.15) is 39.5 Å². The van der Waals surface area contributed by atoms with Crippen molar-refractivity contribution in [3.63, 3.8) is 0 Å². The van der Waals surface area contributed by atoms with E-state index in [-0.39, 0.29) is 24.0 Å². The summed E-state index contributed by atoms with van der Waals surface area (Å²) in [5, 5.41) is 0. The molecule has 0 aromatic rings. The van der Waals surface area contributed by atoms with Crippen LogP contribution < -0.4 is 0 Å². The van der Waals surface area contributed by atoms with Crippen molar-refractivity contribution < 1.29 is 14.4 Å². The first kappa shape index (κ1) is 10.9. The number of hydrogen-bond acceptors (Lipinski definition) is 3. The summed E-state index contributed by atoms with van der Waals surface area (Å²) in [6, 6.07) is -0.486. The van der Waals surface area contributed by atoms with Gasteiger partial charge in [-0.15, -0.1) is 0 Å². The number of hydrogen-bond donors (Lipinski definition) is 0. The van der Waals surface area contributed by atoms with Crippen LogP contribution in [0.4, 0.5) is 0 Å². The molecule has 1 aliphatic rings. The molecule has 0 aromatic heterocycles. The summed E-state index contributed by atoms with van der Waals surface area (Å²) in [5.74, 6) is -0.458. The van der Waals surface area contributed by atoms with Crippen LogP contribution in [0.5, 0.6) is 0 Å². The Morgan fingerprint density at radius 1 is 1.36 bits per heavy atom. The molecule has 0 radical (unpaired) electrons. The van der Waals surface area contributed by atoms with Gasteiger partial charge >= 0.3 is 0 Å². The van der Waals surface area contributed by atoms with Crippen molar-refractivity contribution in [2.24, 2.45) is 0 Å². The molecule has 4 nitrogen and oxygen atoms in total. The summed E-state index contributed by atoms with van der Waals surface area (Å²) in [5.41, 5.74) is 0. The monoisotopic (exact) mass is 197 g/mol. The molecule has 0 aromatic carbocycles. The van der Waals surface area contributed by atoms with Gasteiger partial charge in [-0.05, 0) is 6.42 Å². The smallest absolute Gasteiger partial charge is 0.229 e. The van der Waals surface area contributed by atoms with Gasteiger partial charge in [0.2, 0.25) is 11.8 Å². The first-order chi connectivity index (χ1) is 6.61. The van der Waals surface area contributed by atoms with Gasteiger partial charge in [0.1, 0.15) is 0 Å². The van der Waals surface area contributed by atoms with E-state index in [1.165, 1.54) is 0 Å². The van der Waals surface area contributed by atoms with Crippen LogP contribution in [0.2, 0.25) is 0 Å². The van der Waals surface area contributed by atoms with Crippen molar-refractivity contribution in [2.45, 2.75) is 45.6 Å². The summed E-state index contributed by atoms with van der Waals surface area (Å²) in [6.07, 6.45) is 1.48. The van der Waals surface area contributed by atoms with Gasteiger partial charge in [0, 0.05) is 19.3 Å². The Morgan fingerprint density at radius 3 is 2.50 bits per heavy atom. The lowest BCUT2D eigenvalue weighted by atomic mass is 10.1. The number of nitrogens with zero attached hydrogens (tertiary/aromatic N) is 1. The van der Waals surface area contributed by atoms with E-state index in [2.05, 4.69) is 0 Å². The molecule has 0 aliphatic carbocycles. The second-order valence-corrected chi connectivity index (χ2v) is 3.39. The van der Waals surface area contributed by atoms with Crippen molar-refractivity contribution in [3.8, 4) is 0 Å². The molecule has 1 rings (SSSR count). The summed E-state index contributed by atoms with van der Waals surface area (Å²) >= 11 is 0. The van der Waals surface area contributed by atoms with Gasteiger partial charge in [-0.2, -0.15) is 0 Å². The number of likely N-dealkylation sites (tertiary alicyclic amines) is 1. The molecule has 0 saturated carbocycles. The summed E-state index contributed by atoms with van der Waals surface area (Å²) < 4.78 is 0. The van der Waals surface area contributed by atoms with Gasteiger partial charge in [-0.25, -0.2) is 0 Å². The van der Waals surface area contributed by atoms with Gasteiger partial charge in [-0.3, -0.25) is 19.3 Å². The molecule has 1 aliphatic heterocycles. The molecular formula is C10H15NO3. The SMILES string of the molecule is CCC(=O)C1CCC(=O)N1C(=O)CC. The molecule has 1 atom stereocenters. The maximum absolute atomic E-state index is 11.4. The number of carbonyl (C=O) groups is 3. The summed E-state index contributed by atoms with van der Waals surface area (Å²) in [7, 11) is 0. The summed E-state index contributed by atoms with van der Waals surface area (Å²) in [4.78, 5) is 35.4. The fraction of sp³-hybridized carbons (Fsp3) is 0.700. The average molecular weight is 197 g/mol. The molecule has 1 fully saturated rings. The molecular weight excluding hydrogens is 182 g/mol. The Balaban J connectivity index is 2.81. The zero-order valence-electron chi connectivity index (χ0n) is 8.58. The molecule has 1 unspecified atom stereocenters. The molecule has 14 heavy (non-hydrogen) atoms. The van der Waals surface area contributed by atoms with E-state index in [0.29, 0.717) is 19.3 Å². The highest BCUT2D eigenvalue weighted by molar-refractivity contribution is 6.03. The predicted octanol–water partition coefficient (Wildman–Crippen LogP) is 0.893. The summed E-state index contributed by atoms with van der Waals surface area (Å²) in [6.45, 7) is 3.45. The Bertz CT molecular complexity index is 273. The quantitative estimate of drug-likeness (QED) is 0.675. The van der Waals surface area contributed by atoms with Gasteiger partial charge in [0.05, 0.1) is 6.04 Å². The second-order valence-electron chi connectivity index (χ2n) is 3.39. The Morgan fingerprint density at radius 2 is 2.00 bits per heavy atom. The molecule has 4 heteroatoms. The van der Waals surface area contributed by atoms with E-state index in [4.69, 9.17) is 0 Å². The van der Waals surface area contributed by atoms with Crippen molar-refractivity contribution in [3.05, 3.63) is 0 Å². The van der Waals surface area contributed by atoms with E-state index in [1.807, 2.05) is 0 Å². The molecule has 0 spiro atoms. The minimum atomic E-state index is -0.486. The van der Waals surface area contributed by atoms with Crippen LogP contribution in [0, 0.1) is 0 Å². The molecule has 1 heterocycles. The minimum absolute atomic E-state index is 0.0161. The predicted molar refractivity (Wildman–Crippen MR) is 50.5 cm³/mol. The first-order valence-electron chi connectivity index (χ1n) is 4.99. The standard InChI is InChI=1S/C10H15NO3/c1-3-8(12)7-5-6-10(14)11(7)9(13)4-2/h7H,3-6H2,1-2H3. The maximum Gasteiger partial charge on any atom is 0.229 e.